The minimum Gasteiger partial charge on any atom is -0.508 e. The fraction of sp³-hybridized carbons (Fsp3) is 0.0556. The van der Waals surface area contributed by atoms with Gasteiger partial charge < -0.3 is 15.2 Å². The Balaban J connectivity index is 1.75. The molecule has 0 saturated carbocycles. The van der Waals surface area contributed by atoms with Crippen LogP contribution in [0.1, 0.15) is 5.56 Å². The number of aromatic nitrogens is 1. The molecule has 4 heteroatoms. The second-order valence-corrected chi connectivity index (χ2v) is 4.75. The van der Waals surface area contributed by atoms with Crippen LogP contribution in [0.25, 0.3) is 0 Å². The number of phenols is 1. The number of nitrogens with zero attached hydrogens (tertiary/aromatic N) is 1. The number of anilines is 1. The first-order valence-corrected chi connectivity index (χ1v) is 7.01. The Kier molecular flexibility index (Phi) is 4.20. The third-order valence-electron chi connectivity index (χ3n) is 3.19. The number of nitrogens with one attached hydrogen (secondary N) is 1. The van der Waals surface area contributed by atoms with Crippen LogP contribution in [-0.2, 0) is 6.54 Å². The molecule has 0 radical (unpaired) electrons. The number of hydrogen-bond acceptors (Lipinski definition) is 4. The summed E-state index contributed by atoms with van der Waals surface area (Å²) >= 11 is 0. The molecule has 0 aliphatic heterocycles. The van der Waals surface area contributed by atoms with E-state index < -0.39 is 0 Å². The average molecular weight is 292 g/mol. The van der Waals surface area contributed by atoms with Crippen molar-refractivity contribution in [1.29, 1.82) is 0 Å². The van der Waals surface area contributed by atoms with E-state index in [1.807, 2.05) is 54.6 Å². The molecular formula is C18H16N2O2. The van der Waals surface area contributed by atoms with Gasteiger partial charge in [-0.05, 0) is 30.3 Å². The summed E-state index contributed by atoms with van der Waals surface area (Å²) in [6.45, 7) is 0.490. The van der Waals surface area contributed by atoms with Crippen molar-refractivity contribution in [3.63, 3.8) is 0 Å². The van der Waals surface area contributed by atoms with Gasteiger partial charge in [0.25, 0.3) is 0 Å². The van der Waals surface area contributed by atoms with Crippen LogP contribution in [-0.4, -0.2) is 10.1 Å². The molecule has 0 aliphatic rings. The molecule has 0 fully saturated rings. The molecule has 22 heavy (non-hydrogen) atoms. The highest BCUT2D eigenvalue weighted by Gasteiger charge is 2.07. The number of rotatable bonds is 5. The predicted molar refractivity (Wildman–Crippen MR) is 86.2 cm³/mol. The largest absolute Gasteiger partial charge is 0.508 e. The maximum absolute atomic E-state index is 9.81. The van der Waals surface area contributed by atoms with Gasteiger partial charge in [-0.2, -0.15) is 0 Å². The van der Waals surface area contributed by atoms with Crippen molar-refractivity contribution >= 4 is 5.69 Å². The molecule has 2 N–H and O–H groups in total. The van der Waals surface area contributed by atoms with Crippen molar-refractivity contribution in [3.8, 4) is 17.4 Å². The number of pyridine rings is 1. The normalized spacial score (nSPS) is 10.2. The van der Waals surface area contributed by atoms with Crippen LogP contribution < -0.4 is 10.1 Å². The molecule has 0 spiro atoms. The van der Waals surface area contributed by atoms with Crippen molar-refractivity contribution < 1.29 is 9.84 Å². The molecule has 0 bridgehead atoms. The Morgan fingerprint density at radius 1 is 0.909 bits per heavy atom. The van der Waals surface area contributed by atoms with Gasteiger partial charge in [0, 0.05) is 18.3 Å². The predicted octanol–water partition coefficient (Wildman–Crippen LogP) is 4.19. The quantitative estimate of drug-likeness (QED) is 0.740. The second-order valence-electron chi connectivity index (χ2n) is 4.75. The third kappa shape index (κ3) is 3.35. The molecule has 0 unspecified atom stereocenters. The first-order valence-electron chi connectivity index (χ1n) is 7.01. The Hall–Kier alpha value is -3.01. The Labute approximate surface area is 129 Å². The van der Waals surface area contributed by atoms with Gasteiger partial charge in [-0.25, -0.2) is 4.98 Å². The molecule has 1 heterocycles. The summed E-state index contributed by atoms with van der Waals surface area (Å²) < 4.78 is 5.79. The summed E-state index contributed by atoms with van der Waals surface area (Å²) in [6.07, 6.45) is 1.68. The van der Waals surface area contributed by atoms with Gasteiger partial charge in [0.2, 0.25) is 5.88 Å². The summed E-state index contributed by atoms with van der Waals surface area (Å²) in [5.74, 6) is 1.50. The molecule has 0 amide bonds. The summed E-state index contributed by atoms with van der Waals surface area (Å²) in [6, 6.07) is 20.5. The smallest absolute Gasteiger partial charge is 0.242 e. The van der Waals surface area contributed by atoms with E-state index >= 15 is 0 Å². The standard InChI is InChI=1S/C18H16N2O2/c21-17-11-5-4-7-14(17)13-20-16-10-6-12-19-18(16)22-15-8-2-1-3-9-15/h1-12,20-21H,13H2. The van der Waals surface area contributed by atoms with Gasteiger partial charge in [0.05, 0.1) is 5.69 Å². The van der Waals surface area contributed by atoms with Crippen molar-refractivity contribution in [2.45, 2.75) is 6.54 Å². The highest BCUT2D eigenvalue weighted by atomic mass is 16.5. The molecule has 0 atom stereocenters. The third-order valence-corrected chi connectivity index (χ3v) is 3.19. The van der Waals surface area contributed by atoms with Crippen molar-refractivity contribution in [1.82, 2.24) is 4.98 Å². The zero-order valence-electron chi connectivity index (χ0n) is 11.9. The zero-order valence-corrected chi connectivity index (χ0v) is 11.9. The number of hydrogen-bond donors (Lipinski definition) is 2. The molecule has 0 aliphatic carbocycles. The highest BCUT2D eigenvalue weighted by molar-refractivity contribution is 5.54. The number of ether oxygens (including phenoxy) is 1. The maximum atomic E-state index is 9.81. The van der Waals surface area contributed by atoms with Crippen molar-refractivity contribution in [3.05, 3.63) is 78.5 Å². The van der Waals surface area contributed by atoms with E-state index in [4.69, 9.17) is 4.74 Å². The fourth-order valence-corrected chi connectivity index (χ4v) is 2.06. The van der Waals surface area contributed by atoms with Crippen LogP contribution in [0, 0.1) is 0 Å². The molecular weight excluding hydrogens is 276 g/mol. The molecule has 0 saturated heterocycles. The van der Waals surface area contributed by atoms with E-state index in [2.05, 4.69) is 10.3 Å². The van der Waals surface area contributed by atoms with E-state index in [0.29, 0.717) is 12.4 Å². The SMILES string of the molecule is Oc1ccccc1CNc1cccnc1Oc1ccccc1. The summed E-state index contributed by atoms with van der Waals surface area (Å²) in [7, 11) is 0. The molecule has 4 nitrogen and oxygen atoms in total. The zero-order chi connectivity index (χ0) is 15.2. The Bertz CT molecular complexity index is 745. The van der Waals surface area contributed by atoms with Crippen LogP contribution >= 0.6 is 0 Å². The lowest BCUT2D eigenvalue weighted by Gasteiger charge is -2.12. The first-order chi connectivity index (χ1) is 10.8. The molecule has 3 rings (SSSR count). The number of phenolic OH excluding ortho intramolecular Hbond substituents is 1. The van der Waals surface area contributed by atoms with Crippen LogP contribution in [0.4, 0.5) is 5.69 Å². The van der Waals surface area contributed by atoms with Gasteiger partial charge in [0.15, 0.2) is 0 Å². The van der Waals surface area contributed by atoms with Gasteiger partial charge in [-0.15, -0.1) is 0 Å². The summed E-state index contributed by atoms with van der Waals surface area (Å²) in [5.41, 5.74) is 1.59. The minimum atomic E-state index is 0.268. The van der Waals surface area contributed by atoms with E-state index in [9.17, 15) is 5.11 Å². The van der Waals surface area contributed by atoms with E-state index in [-0.39, 0.29) is 5.75 Å². The summed E-state index contributed by atoms with van der Waals surface area (Å²) in [4.78, 5) is 4.26. The van der Waals surface area contributed by atoms with Crippen LogP contribution in [0.15, 0.2) is 72.9 Å². The summed E-state index contributed by atoms with van der Waals surface area (Å²) in [5, 5.41) is 13.0. The lowest BCUT2D eigenvalue weighted by atomic mass is 10.2. The molecule has 110 valence electrons. The highest BCUT2D eigenvalue weighted by Crippen LogP contribution is 2.27. The lowest BCUT2D eigenvalue weighted by molar-refractivity contribution is 0.463. The lowest BCUT2D eigenvalue weighted by Crippen LogP contribution is -2.02. The Morgan fingerprint density at radius 3 is 2.50 bits per heavy atom. The topological polar surface area (TPSA) is 54.4 Å². The van der Waals surface area contributed by atoms with E-state index in [1.54, 1.807) is 18.3 Å². The van der Waals surface area contributed by atoms with E-state index in [1.165, 1.54) is 0 Å². The maximum Gasteiger partial charge on any atom is 0.242 e. The first kappa shape index (κ1) is 13.9. The molecule has 1 aromatic heterocycles. The molecule has 3 aromatic rings. The number of aromatic hydroxyl groups is 1. The van der Waals surface area contributed by atoms with Crippen molar-refractivity contribution in [2.24, 2.45) is 0 Å². The number of benzene rings is 2. The van der Waals surface area contributed by atoms with Gasteiger partial charge in [-0.3, -0.25) is 0 Å². The van der Waals surface area contributed by atoms with E-state index in [0.717, 1.165) is 17.0 Å². The Morgan fingerprint density at radius 2 is 1.68 bits per heavy atom. The molecule has 2 aromatic carbocycles. The number of para-hydroxylation sites is 2. The van der Waals surface area contributed by atoms with Crippen LogP contribution in [0.3, 0.4) is 0 Å². The fourth-order valence-electron chi connectivity index (χ4n) is 2.06. The van der Waals surface area contributed by atoms with Crippen LogP contribution in [0.5, 0.6) is 17.4 Å². The minimum absolute atomic E-state index is 0.268. The van der Waals surface area contributed by atoms with Gasteiger partial charge in [0.1, 0.15) is 11.5 Å². The van der Waals surface area contributed by atoms with Gasteiger partial charge in [-0.1, -0.05) is 36.4 Å². The second kappa shape index (κ2) is 6.63. The average Bonchev–Trinajstić information content (AvgIpc) is 2.56. The van der Waals surface area contributed by atoms with Gasteiger partial charge >= 0.3 is 0 Å². The van der Waals surface area contributed by atoms with Crippen molar-refractivity contribution in [2.75, 3.05) is 5.32 Å². The van der Waals surface area contributed by atoms with Crippen LogP contribution in [0.2, 0.25) is 0 Å². The monoisotopic (exact) mass is 292 g/mol.